The molecule has 1 aromatic carbocycles. The largest absolute Gasteiger partial charge is 0.459 e. The molecule has 0 spiro atoms. The molecule has 0 saturated heterocycles. The molecular formula is C17H25N3O4. The van der Waals surface area contributed by atoms with E-state index in [0.29, 0.717) is 6.42 Å². The molecule has 0 bridgehead atoms. The maximum atomic E-state index is 12.2. The Hall–Kier alpha value is -2.41. The van der Waals surface area contributed by atoms with Crippen LogP contribution in [0.25, 0.3) is 0 Å². The average molecular weight is 335 g/mol. The number of rotatable bonds is 9. The summed E-state index contributed by atoms with van der Waals surface area (Å²) in [6.45, 7) is 3.62. The fourth-order valence-corrected chi connectivity index (χ4v) is 2.01. The zero-order valence-electron chi connectivity index (χ0n) is 14.1. The van der Waals surface area contributed by atoms with E-state index in [0.717, 1.165) is 5.56 Å². The van der Waals surface area contributed by atoms with Crippen LogP contribution in [0.3, 0.4) is 0 Å². The minimum Gasteiger partial charge on any atom is -0.459 e. The Morgan fingerprint density at radius 3 is 2.38 bits per heavy atom. The second-order valence-corrected chi connectivity index (χ2v) is 5.82. The van der Waals surface area contributed by atoms with Crippen molar-refractivity contribution in [2.24, 2.45) is 11.7 Å². The van der Waals surface area contributed by atoms with Crippen molar-refractivity contribution in [1.29, 1.82) is 0 Å². The highest BCUT2D eigenvalue weighted by Gasteiger charge is 2.23. The highest BCUT2D eigenvalue weighted by molar-refractivity contribution is 5.88. The van der Waals surface area contributed by atoms with E-state index >= 15 is 0 Å². The highest BCUT2D eigenvalue weighted by Crippen LogP contribution is 2.08. The normalized spacial score (nSPS) is 11.7. The van der Waals surface area contributed by atoms with Gasteiger partial charge in [0.15, 0.2) is 0 Å². The SMILES string of the molecule is CC(C)C[C@H](NC(=O)CNC(=O)CN)C(=O)OCc1ccccc1. The zero-order chi connectivity index (χ0) is 17.9. The van der Waals surface area contributed by atoms with Gasteiger partial charge in [-0.15, -0.1) is 0 Å². The quantitative estimate of drug-likeness (QED) is 0.564. The summed E-state index contributed by atoms with van der Waals surface area (Å²) in [7, 11) is 0. The van der Waals surface area contributed by atoms with E-state index in [4.69, 9.17) is 10.5 Å². The van der Waals surface area contributed by atoms with Gasteiger partial charge in [-0.2, -0.15) is 0 Å². The molecule has 0 aliphatic rings. The average Bonchev–Trinajstić information content (AvgIpc) is 2.57. The molecular weight excluding hydrogens is 310 g/mol. The predicted octanol–water partition coefficient (Wildman–Crippen LogP) is 0.336. The molecule has 0 radical (unpaired) electrons. The number of nitrogens with one attached hydrogen (secondary N) is 2. The highest BCUT2D eigenvalue weighted by atomic mass is 16.5. The summed E-state index contributed by atoms with van der Waals surface area (Å²) in [5.74, 6) is -1.19. The van der Waals surface area contributed by atoms with Gasteiger partial charge in [-0.3, -0.25) is 9.59 Å². The van der Waals surface area contributed by atoms with Gasteiger partial charge in [-0.25, -0.2) is 4.79 Å². The van der Waals surface area contributed by atoms with Crippen molar-refractivity contribution >= 4 is 17.8 Å². The molecule has 7 heteroatoms. The van der Waals surface area contributed by atoms with Gasteiger partial charge in [0.25, 0.3) is 0 Å². The molecule has 0 aliphatic carbocycles. The first-order valence-corrected chi connectivity index (χ1v) is 7.89. The second-order valence-electron chi connectivity index (χ2n) is 5.82. The lowest BCUT2D eigenvalue weighted by Crippen LogP contribution is -2.47. The lowest BCUT2D eigenvalue weighted by Gasteiger charge is -2.19. The van der Waals surface area contributed by atoms with E-state index in [2.05, 4.69) is 10.6 Å². The minimum atomic E-state index is -0.754. The topological polar surface area (TPSA) is 111 Å². The smallest absolute Gasteiger partial charge is 0.328 e. The van der Waals surface area contributed by atoms with E-state index in [1.54, 1.807) is 0 Å². The molecule has 0 heterocycles. The summed E-state index contributed by atoms with van der Waals surface area (Å²) in [6.07, 6.45) is 0.449. The van der Waals surface area contributed by atoms with E-state index in [9.17, 15) is 14.4 Å². The van der Waals surface area contributed by atoms with Crippen LogP contribution in [0.4, 0.5) is 0 Å². The van der Waals surface area contributed by atoms with Gasteiger partial charge >= 0.3 is 5.97 Å². The number of nitrogens with two attached hydrogens (primary N) is 1. The Labute approximate surface area is 141 Å². The fraction of sp³-hybridized carbons (Fsp3) is 0.471. The first kappa shape index (κ1) is 19.6. The summed E-state index contributed by atoms with van der Waals surface area (Å²) in [5, 5.41) is 4.95. The standard InChI is InChI=1S/C17H25N3O4/c1-12(2)8-14(20-16(22)10-19-15(21)9-18)17(23)24-11-13-6-4-3-5-7-13/h3-7,12,14H,8-11,18H2,1-2H3,(H,19,21)(H,20,22)/t14-/m0/s1. The van der Waals surface area contributed by atoms with Crippen molar-refractivity contribution < 1.29 is 19.1 Å². The third-order valence-corrected chi connectivity index (χ3v) is 3.18. The van der Waals surface area contributed by atoms with Crippen molar-refractivity contribution in [2.45, 2.75) is 32.9 Å². The van der Waals surface area contributed by atoms with E-state index in [1.165, 1.54) is 0 Å². The molecule has 1 atom stereocenters. The van der Waals surface area contributed by atoms with Crippen LogP contribution in [0.1, 0.15) is 25.8 Å². The van der Waals surface area contributed by atoms with Crippen LogP contribution in [0.5, 0.6) is 0 Å². The minimum absolute atomic E-state index is 0.147. The maximum absolute atomic E-state index is 12.2. The number of carbonyl (C=O) groups excluding carboxylic acids is 3. The molecule has 132 valence electrons. The molecule has 0 aromatic heterocycles. The Bertz CT molecular complexity index is 546. The second kappa shape index (κ2) is 10.4. The molecule has 24 heavy (non-hydrogen) atoms. The van der Waals surface area contributed by atoms with Crippen LogP contribution in [0.2, 0.25) is 0 Å². The van der Waals surface area contributed by atoms with Crippen LogP contribution in [-0.4, -0.2) is 36.9 Å². The maximum Gasteiger partial charge on any atom is 0.328 e. The third-order valence-electron chi connectivity index (χ3n) is 3.18. The summed E-state index contributed by atoms with van der Waals surface area (Å²) in [6, 6.07) is 8.55. The Balaban J connectivity index is 2.54. The van der Waals surface area contributed by atoms with Crippen LogP contribution in [0, 0.1) is 5.92 Å². The van der Waals surface area contributed by atoms with Gasteiger partial charge in [0, 0.05) is 0 Å². The van der Waals surface area contributed by atoms with Gasteiger partial charge in [-0.05, 0) is 17.9 Å². The summed E-state index contributed by atoms with van der Waals surface area (Å²) in [4.78, 5) is 35.2. The van der Waals surface area contributed by atoms with Gasteiger partial charge in [0.2, 0.25) is 11.8 Å². The van der Waals surface area contributed by atoms with Crippen LogP contribution in [-0.2, 0) is 25.7 Å². The van der Waals surface area contributed by atoms with Crippen molar-refractivity contribution in [3.63, 3.8) is 0 Å². The lowest BCUT2D eigenvalue weighted by molar-refractivity contribution is -0.149. The summed E-state index contributed by atoms with van der Waals surface area (Å²) < 4.78 is 5.28. The van der Waals surface area contributed by atoms with Gasteiger partial charge < -0.3 is 21.1 Å². The number of amides is 2. The molecule has 0 fully saturated rings. The number of hydrogen-bond acceptors (Lipinski definition) is 5. The molecule has 1 rings (SSSR count). The van der Waals surface area contributed by atoms with Gasteiger partial charge in [0.05, 0.1) is 13.1 Å². The molecule has 0 unspecified atom stereocenters. The Kier molecular flexibility index (Phi) is 8.49. The fourth-order valence-electron chi connectivity index (χ4n) is 2.01. The van der Waals surface area contributed by atoms with Gasteiger partial charge in [0.1, 0.15) is 12.6 Å². The number of hydrogen-bond donors (Lipinski definition) is 3. The molecule has 4 N–H and O–H groups in total. The summed E-state index contributed by atoms with van der Waals surface area (Å²) >= 11 is 0. The predicted molar refractivity (Wildman–Crippen MR) is 89.7 cm³/mol. The Morgan fingerprint density at radius 1 is 1.12 bits per heavy atom. The van der Waals surface area contributed by atoms with Crippen molar-refractivity contribution in [1.82, 2.24) is 10.6 Å². The van der Waals surface area contributed by atoms with E-state index in [1.807, 2.05) is 44.2 Å². The van der Waals surface area contributed by atoms with Crippen molar-refractivity contribution in [2.75, 3.05) is 13.1 Å². The first-order chi connectivity index (χ1) is 11.4. The molecule has 0 saturated carbocycles. The first-order valence-electron chi connectivity index (χ1n) is 7.89. The molecule has 7 nitrogen and oxygen atoms in total. The molecule has 0 aliphatic heterocycles. The monoisotopic (exact) mass is 335 g/mol. The van der Waals surface area contributed by atoms with E-state index in [-0.39, 0.29) is 25.6 Å². The molecule has 1 aromatic rings. The molecule has 2 amide bonds. The summed E-state index contributed by atoms with van der Waals surface area (Å²) in [5.41, 5.74) is 6.02. The van der Waals surface area contributed by atoms with Crippen LogP contribution >= 0.6 is 0 Å². The van der Waals surface area contributed by atoms with E-state index < -0.39 is 23.8 Å². The lowest BCUT2D eigenvalue weighted by atomic mass is 10.0. The van der Waals surface area contributed by atoms with Crippen molar-refractivity contribution in [3.8, 4) is 0 Å². The Morgan fingerprint density at radius 2 is 1.79 bits per heavy atom. The van der Waals surface area contributed by atoms with Crippen molar-refractivity contribution in [3.05, 3.63) is 35.9 Å². The van der Waals surface area contributed by atoms with Crippen LogP contribution < -0.4 is 16.4 Å². The zero-order valence-corrected chi connectivity index (χ0v) is 14.1. The third kappa shape index (κ3) is 7.73. The number of benzene rings is 1. The number of esters is 1. The van der Waals surface area contributed by atoms with Crippen LogP contribution in [0.15, 0.2) is 30.3 Å². The van der Waals surface area contributed by atoms with Gasteiger partial charge in [-0.1, -0.05) is 44.2 Å². The number of carbonyl (C=O) groups is 3. The number of ether oxygens (including phenoxy) is 1.